The Morgan fingerprint density at radius 1 is 1.33 bits per heavy atom. The van der Waals surface area contributed by atoms with Gasteiger partial charge in [-0.05, 0) is 23.3 Å². The lowest BCUT2D eigenvalue weighted by molar-refractivity contribution is -0.137. The molecule has 146 valence electrons. The molecule has 0 fully saturated rings. The molecular weight excluding hydrogens is 393 g/mol. The Balaban J connectivity index is 2.73. The zero-order valence-corrected chi connectivity index (χ0v) is 14.8. The number of methoxy groups -OCH3 is 1. The maximum absolute atomic E-state index is 13.0. The second kappa shape index (κ2) is 7.88. The third-order valence-electron chi connectivity index (χ3n) is 3.45. The normalized spacial score (nSPS) is 12.5. The number of aryl methyl sites for hydroxylation is 1. The van der Waals surface area contributed by atoms with Gasteiger partial charge in [0.1, 0.15) is 0 Å². The van der Waals surface area contributed by atoms with Crippen LogP contribution in [0.1, 0.15) is 11.1 Å². The molecule has 1 aromatic heterocycles. The molecule has 0 bridgehead atoms. The van der Waals surface area contributed by atoms with Crippen LogP contribution in [-0.4, -0.2) is 31.8 Å². The summed E-state index contributed by atoms with van der Waals surface area (Å²) in [5.41, 5.74) is -2.23. The Kier molecular flexibility index (Phi) is 6.01. The molecule has 0 saturated carbocycles. The van der Waals surface area contributed by atoms with Crippen molar-refractivity contribution in [1.82, 2.24) is 9.78 Å². The molecule has 0 aliphatic carbocycles. The Morgan fingerprint density at radius 3 is 2.56 bits per heavy atom. The van der Waals surface area contributed by atoms with Crippen LogP contribution in [0, 0.1) is 0 Å². The van der Waals surface area contributed by atoms with E-state index in [9.17, 15) is 27.0 Å². The van der Waals surface area contributed by atoms with Gasteiger partial charge in [0, 0.05) is 7.05 Å². The lowest BCUT2D eigenvalue weighted by Crippen LogP contribution is -2.24. The van der Waals surface area contributed by atoms with Gasteiger partial charge in [-0.15, -0.1) is 0 Å². The molecule has 2 aromatic rings. The number of nitrogens with zero attached hydrogens (tertiary/aromatic N) is 2. The van der Waals surface area contributed by atoms with E-state index in [1.165, 1.54) is 7.05 Å². The van der Waals surface area contributed by atoms with Crippen LogP contribution in [0.3, 0.4) is 0 Å². The van der Waals surface area contributed by atoms with E-state index >= 15 is 0 Å². The molecule has 1 aromatic carbocycles. The zero-order chi connectivity index (χ0) is 20.4. The van der Waals surface area contributed by atoms with Gasteiger partial charge in [0.25, 0.3) is 0 Å². The minimum absolute atomic E-state index is 0.0190. The summed E-state index contributed by atoms with van der Waals surface area (Å²) in [7, 11) is 2.28. The first kappa shape index (κ1) is 20.6. The predicted molar refractivity (Wildman–Crippen MR) is 87.4 cm³/mol. The number of benzene rings is 1. The van der Waals surface area contributed by atoms with Crippen molar-refractivity contribution in [3.63, 3.8) is 0 Å². The molecule has 1 heterocycles. The molecule has 0 aliphatic heterocycles. The third-order valence-corrected chi connectivity index (χ3v) is 4.00. The Hall–Kier alpha value is -2.73. The van der Waals surface area contributed by atoms with Crippen LogP contribution in [0.25, 0.3) is 11.1 Å². The summed E-state index contributed by atoms with van der Waals surface area (Å²) >= 11 is -2.47. The lowest BCUT2D eigenvalue weighted by Gasteiger charge is -2.15. The van der Waals surface area contributed by atoms with E-state index in [-0.39, 0.29) is 16.7 Å². The largest absolute Gasteiger partial charge is 0.513 e. The van der Waals surface area contributed by atoms with Gasteiger partial charge in [0.2, 0.25) is 5.75 Å². The van der Waals surface area contributed by atoms with E-state index in [1.807, 2.05) is 0 Å². The SMILES string of the molecule is COC(=O)Oc1c(-c2ccc(C(F)(F)F)cc2CS(=O)O)cnn(C)c1=O. The van der Waals surface area contributed by atoms with Gasteiger partial charge in [-0.2, -0.15) is 18.3 Å². The highest BCUT2D eigenvalue weighted by atomic mass is 32.2. The molecule has 27 heavy (non-hydrogen) atoms. The van der Waals surface area contributed by atoms with Crippen molar-refractivity contribution in [2.45, 2.75) is 11.9 Å². The van der Waals surface area contributed by atoms with Gasteiger partial charge in [-0.1, -0.05) is 6.07 Å². The van der Waals surface area contributed by atoms with E-state index in [4.69, 9.17) is 9.29 Å². The standard InChI is InChI=1S/C15H13F3N2O6S/c1-20-13(21)12(26-14(22)25-2)11(6-19-20)10-4-3-9(15(16,17)18)5-8(10)7-27(23)24/h3-6H,7H2,1-2H3,(H,23,24). The smallest absolute Gasteiger partial charge is 0.437 e. The number of carbonyl (C=O) groups excluding carboxylic acids is 1. The number of carbonyl (C=O) groups is 1. The van der Waals surface area contributed by atoms with E-state index in [0.717, 1.165) is 30.1 Å². The van der Waals surface area contributed by atoms with Crippen molar-refractivity contribution >= 4 is 17.2 Å². The number of halogens is 3. The first-order chi connectivity index (χ1) is 12.5. The van der Waals surface area contributed by atoms with E-state index in [1.54, 1.807) is 0 Å². The second-order valence-corrected chi connectivity index (χ2v) is 6.14. The van der Waals surface area contributed by atoms with Gasteiger partial charge >= 0.3 is 17.9 Å². The monoisotopic (exact) mass is 406 g/mol. The van der Waals surface area contributed by atoms with Gasteiger partial charge in [0.15, 0.2) is 11.1 Å². The summed E-state index contributed by atoms with van der Waals surface area (Å²) in [4.78, 5) is 23.7. The van der Waals surface area contributed by atoms with E-state index in [0.29, 0.717) is 6.07 Å². The first-order valence-electron chi connectivity index (χ1n) is 7.14. The van der Waals surface area contributed by atoms with Crippen molar-refractivity contribution < 1.29 is 36.2 Å². The van der Waals surface area contributed by atoms with Crippen molar-refractivity contribution in [2.75, 3.05) is 7.11 Å². The highest BCUT2D eigenvalue weighted by Crippen LogP contribution is 2.36. The fourth-order valence-corrected chi connectivity index (χ4v) is 2.72. The van der Waals surface area contributed by atoms with Crippen molar-refractivity contribution in [3.8, 4) is 16.9 Å². The molecule has 12 heteroatoms. The van der Waals surface area contributed by atoms with Crippen LogP contribution in [0.4, 0.5) is 18.0 Å². The average Bonchev–Trinajstić information content (AvgIpc) is 2.58. The summed E-state index contributed by atoms with van der Waals surface area (Å²) < 4.78 is 69.2. The van der Waals surface area contributed by atoms with E-state index in [2.05, 4.69) is 9.84 Å². The summed E-state index contributed by atoms with van der Waals surface area (Å²) in [6.45, 7) is 0. The molecular formula is C15H13F3N2O6S. The minimum Gasteiger partial charge on any atom is -0.437 e. The number of alkyl halides is 3. The summed E-state index contributed by atoms with van der Waals surface area (Å²) in [6, 6.07) is 2.42. The molecule has 2 rings (SSSR count). The van der Waals surface area contributed by atoms with Crippen molar-refractivity contribution in [2.24, 2.45) is 7.05 Å². The fraction of sp³-hybridized carbons (Fsp3) is 0.267. The van der Waals surface area contributed by atoms with Gasteiger partial charge < -0.3 is 14.0 Å². The molecule has 1 unspecified atom stereocenters. The predicted octanol–water partition coefficient (Wildman–Crippen LogP) is 2.33. The molecule has 0 amide bonds. The molecule has 0 radical (unpaired) electrons. The van der Waals surface area contributed by atoms with Gasteiger partial charge in [0.05, 0.1) is 30.2 Å². The van der Waals surface area contributed by atoms with Crippen LogP contribution in [0.2, 0.25) is 0 Å². The summed E-state index contributed by atoms with van der Waals surface area (Å²) in [5, 5.41) is 3.75. The van der Waals surface area contributed by atoms with Crippen LogP contribution in [0.15, 0.2) is 29.2 Å². The molecule has 1 N–H and O–H groups in total. The molecule has 8 nitrogen and oxygen atoms in total. The Morgan fingerprint density at radius 2 is 2.00 bits per heavy atom. The summed E-state index contributed by atoms with van der Waals surface area (Å²) in [5.74, 6) is -1.18. The van der Waals surface area contributed by atoms with Gasteiger partial charge in [-0.25, -0.2) is 13.7 Å². The summed E-state index contributed by atoms with van der Waals surface area (Å²) in [6.07, 6.45) is -4.81. The number of hydrogen-bond acceptors (Lipinski definition) is 6. The average molecular weight is 406 g/mol. The van der Waals surface area contributed by atoms with Crippen LogP contribution >= 0.6 is 0 Å². The van der Waals surface area contributed by atoms with Crippen molar-refractivity contribution in [3.05, 3.63) is 45.9 Å². The van der Waals surface area contributed by atoms with Gasteiger partial charge in [-0.3, -0.25) is 4.79 Å². The molecule has 0 saturated heterocycles. The highest BCUT2D eigenvalue weighted by molar-refractivity contribution is 7.78. The minimum atomic E-state index is -4.68. The number of aromatic nitrogens is 2. The molecule has 0 aliphatic rings. The molecule has 1 atom stereocenters. The first-order valence-corrected chi connectivity index (χ1v) is 8.42. The lowest BCUT2D eigenvalue weighted by atomic mass is 9.99. The zero-order valence-electron chi connectivity index (χ0n) is 13.9. The van der Waals surface area contributed by atoms with Crippen molar-refractivity contribution in [1.29, 1.82) is 0 Å². The van der Waals surface area contributed by atoms with Crippen LogP contribution in [-0.2, 0) is 34.8 Å². The highest BCUT2D eigenvalue weighted by Gasteiger charge is 2.31. The topological polar surface area (TPSA) is 108 Å². The third kappa shape index (κ3) is 4.71. The van der Waals surface area contributed by atoms with E-state index < -0.39 is 46.0 Å². The quantitative estimate of drug-likeness (QED) is 0.613. The maximum Gasteiger partial charge on any atom is 0.513 e. The fourth-order valence-electron chi connectivity index (χ4n) is 2.22. The Labute approximate surface area is 152 Å². The van der Waals surface area contributed by atoms with Crippen LogP contribution < -0.4 is 10.3 Å². The second-order valence-electron chi connectivity index (χ2n) is 5.21. The maximum atomic E-state index is 13.0. The number of hydrogen-bond donors (Lipinski definition) is 1. The van der Waals surface area contributed by atoms with Crippen LogP contribution in [0.5, 0.6) is 5.75 Å². The number of ether oxygens (including phenoxy) is 2. The number of rotatable bonds is 4. The Bertz CT molecular complexity index is 958. The molecule has 0 spiro atoms.